The molecular formula is C20H41N3OSi. The van der Waals surface area contributed by atoms with Crippen LogP contribution in [0.3, 0.4) is 0 Å². The molecule has 6 atom stereocenters. The molecule has 4 nitrogen and oxygen atoms in total. The standard InChI is InChI=1S/C11H24N2OSi.C9H17N/c1-12-15(14-2)11-10-6-4-3-5-9(10)7-8-13-11;1-2-4-9-7-10-6-5-8(9)3-1/h9-13,15H,3-8H2,1-2H3;8-10H,1-7H2. The second kappa shape index (κ2) is 10.4. The van der Waals surface area contributed by atoms with Crippen LogP contribution in [-0.2, 0) is 4.43 Å². The molecule has 146 valence electrons. The van der Waals surface area contributed by atoms with E-state index in [1.165, 1.54) is 83.8 Å². The molecular weight excluding hydrogens is 326 g/mol. The second-order valence-corrected chi connectivity index (χ2v) is 11.3. The minimum Gasteiger partial charge on any atom is -0.408 e. The monoisotopic (exact) mass is 367 g/mol. The van der Waals surface area contributed by atoms with E-state index in [0.717, 1.165) is 23.7 Å². The van der Waals surface area contributed by atoms with E-state index in [9.17, 15) is 0 Å². The third kappa shape index (κ3) is 5.29. The van der Waals surface area contributed by atoms with Crippen LogP contribution in [0.2, 0.25) is 0 Å². The van der Waals surface area contributed by atoms with Crippen molar-refractivity contribution in [3.05, 3.63) is 0 Å². The molecule has 0 aromatic carbocycles. The fraction of sp³-hybridized carbons (Fsp3) is 1.00. The molecule has 0 aromatic heterocycles. The Balaban J connectivity index is 0.000000157. The van der Waals surface area contributed by atoms with Crippen molar-refractivity contribution < 1.29 is 4.43 Å². The van der Waals surface area contributed by atoms with Crippen LogP contribution in [0.4, 0.5) is 0 Å². The summed E-state index contributed by atoms with van der Waals surface area (Å²) in [6.45, 7) is 3.78. The van der Waals surface area contributed by atoms with Gasteiger partial charge in [0.25, 0.3) is 9.20 Å². The normalized spacial score (nSPS) is 39.4. The average molecular weight is 368 g/mol. The first-order chi connectivity index (χ1) is 12.3. The number of fused-ring (bicyclic) bond motifs is 2. The van der Waals surface area contributed by atoms with Crippen LogP contribution >= 0.6 is 0 Å². The van der Waals surface area contributed by atoms with Crippen LogP contribution < -0.4 is 15.6 Å². The quantitative estimate of drug-likeness (QED) is 0.671. The Labute approximate surface area is 157 Å². The Kier molecular flexibility index (Phi) is 8.25. The molecule has 4 aliphatic rings. The van der Waals surface area contributed by atoms with Crippen molar-refractivity contribution in [3.63, 3.8) is 0 Å². The zero-order valence-electron chi connectivity index (χ0n) is 16.6. The van der Waals surface area contributed by atoms with Crippen molar-refractivity contribution >= 4 is 9.20 Å². The van der Waals surface area contributed by atoms with Gasteiger partial charge in [-0.15, -0.1) is 0 Å². The molecule has 2 aliphatic heterocycles. The number of hydrogen-bond acceptors (Lipinski definition) is 4. The third-order valence-electron chi connectivity index (χ3n) is 7.35. The molecule has 2 saturated heterocycles. The zero-order chi connectivity index (χ0) is 17.5. The minimum atomic E-state index is -1.23. The zero-order valence-corrected chi connectivity index (χ0v) is 17.7. The van der Waals surface area contributed by atoms with Gasteiger partial charge >= 0.3 is 0 Å². The highest BCUT2D eigenvalue weighted by Crippen LogP contribution is 2.37. The molecule has 0 aromatic rings. The Morgan fingerprint density at radius 2 is 1.52 bits per heavy atom. The molecule has 4 fully saturated rings. The first-order valence-corrected chi connectivity index (χ1v) is 12.7. The summed E-state index contributed by atoms with van der Waals surface area (Å²) >= 11 is 0. The van der Waals surface area contributed by atoms with Gasteiger partial charge in [-0.3, -0.25) is 0 Å². The molecule has 0 bridgehead atoms. The number of rotatable bonds is 3. The largest absolute Gasteiger partial charge is 0.408 e. The summed E-state index contributed by atoms with van der Waals surface area (Å²) in [5.41, 5.74) is 0.652. The molecule has 6 unspecified atom stereocenters. The van der Waals surface area contributed by atoms with Gasteiger partial charge in [-0.25, -0.2) is 0 Å². The van der Waals surface area contributed by atoms with Crippen LogP contribution in [0.25, 0.3) is 0 Å². The predicted molar refractivity (Wildman–Crippen MR) is 108 cm³/mol. The van der Waals surface area contributed by atoms with Gasteiger partial charge in [0.1, 0.15) is 0 Å². The van der Waals surface area contributed by atoms with E-state index < -0.39 is 9.20 Å². The summed E-state index contributed by atoms with van der Waals surface area (Å²) < 4.78 is 5.65. The summed E-state index contributed by atoms with van der Waals surface area (Å²) in [5.74, 6) is 4.00. The molecule has 4 rings (SSSR count). The van der Waals surface area contributed by atoms with Gasteiger partial charge in [0, 0.05) is 12.8 Å². The Bertz CT molecular complexity index is 352. The Morgan fingerprint density at radius 3 is 2.24 bits per heavy atom. The fourth-order valence-corrected chi connectivity index (χ4v) is 8.16. The lowest BCUT2D eigenvalue weighted by Gasteiger charge is -2.43. The van der Waals surface area contributed by atoms with Crippen LogP contribution in [0.1, 0.15) is 64.2 Å². The molecule has 0 spiro atoms. The maximum absolute atomic E-state index is 5.65. The topological polar surface area (TPSA) is 45.3 Å². The minimum absolute atomic E-state index is 0.652. The molecule has 2 saturated carbocycles. The predicted octanol–water partition coefficient (Wildman–Crippen LogP) is 2.57. The lowest BCUT2D eigenvalue weighted by atomic mass is 9.75. The molecule has 0 radical (unpaired) electrons. The smallest absolute Gasteiger partial charge is 0.269 e. The molecule has 3 N–H and O–H groups in total. The van der Waals surface area contributed by atoms with E-state index in [-0.39, 0.29) is 0 Å². The molecule has 25 heavy (non-hydrogen) atoms. The van der Waals surface area contributed by atoms with Crippen LogP contribution in [-0.4, -0.2) is 48.7 Å². The Hall–Kier alpha value is 0.0569. The second-order valence-electron chi connectivity index (χ2n) is 8.72. The molecule has 2 heterocycles. The van der Waals surface area contributed by atoms with E-state index in [1.54, 1.807) is 0 Å². The van der Waals surface area contributed by atoms with Crippen LogP contribution in [0.5, 0.6) is 0 Å². The molecule has 0 amide bonds. The summed E-state index contributed by atoms with van der Waals surface area (Å²) in [7, 11) is 2.68. The number of piperidine rings is 2. The van der Waals surface area contributed by atoms with E-state index in [2.05, 4.69) is 22.7 Å². The summed E-state index contributed by atoms with van der Waals surface area (Å²) in [4.78, 5) is 3.41. The third-order valence-corrected chi connectivity index (χ3v) is 9.81. The molecule has 2 aliphatic carbocycles. The van der Waals surface area contributed by atoms with E-state index in [4.69, 9.17) is 4.43 Å². The highest BCUT2D eigenvalue weighted by Gasteiger charge is 2.39. The van der Waals surface area contributed by atoms with Crippen molar-refractivity contribution in [1.82, 2.24) is 15.6 Å². The van der Waals surface area contributed by atoms with Gasteiger partial charge < -0.3 is 20.0 Å². The summed E-state index contributed by atoms with van der Waals surface area (Å²) in [5, 5.41) is 7.18. The highest BCUT2D eigenvalue weighted by atomic mass is 28.3. The van der Waals surface area contributed by atoms with Crippen LogP contribution in [0.15, 0.2) is 0 Å². The van der Waals surface area contributed by atoms with Crippen molar-refractivity contribution in [1.29, 1.82) is 0 Å². The summed E-state index contributed by atoms with van der Waals surface area (Å²) in [6.07, 6.45) is 14.6. The van der Waals surface area contributed by atoms with Crippen molar-refractivity contribution in [3.8, 4) is 0 Å². The van der Waals surface area contributed by atoms with Crippen molar-refractivity contribution in [2.45, 2.75) is 69.9 Å². The lowest BCUT2D eigenvalue weighted by Crippen LogP contribution is -2.60. The van der Waals surface area contributed by atoms with Crippen molar-refractivity contribution in [2.24, 2.45) is 23.7 Å². The maximum atomic E-state index is 5.65. The fourth-order valence-electron chi connectivity index (χ4n) is 5.94. The summed E-state index contributed by atoms with van der Waals surface area (Å²) in [6, 6.07) is 0. The van der Waals surface area contributed by atoms with Gasteiger partial charge in [-0.1, -0.05) is 38.5 Å². The lowest BCUT2D eigenvalue weighted by molar-refractivity contribution is 0.155. The van der Waals surface area contributed by atoms with Gasteiger partial charge in [-0.05, 0) is 76.0 Å². The first-order valence-electron chi connectivity index (χ1n) is 11.0. The van der Waals surface area contributed by atoms with Crippen LogP contribution in [0, 0.1) is 23.7 Å². The number of hydrogen-bond donors (Lipinski definition) is 3. The number of nitrogens with one attached hydrogen (secondary N) is 3. The first kappa shape index (κ1) is 19.8. The van der Waals surface area contributed by atoms with Gasteiger partial charge in [-0.2, -0.15) is 0 Å². The van der Waals surface area contributed by atoms with Gasteiger partial charge in [0.05, 0.1) is 0 Å². The van der Waals surface area contributed by atoms with Gasteiger partial charge in [0.2, 0.25) is 0 Å². The highest BCUT2D eigenvalue weighted by molar-refractivity contribution is 6.50. The van der Waals surface area contributed by atoms with Crippen molar-refractivity contribution in [2.75, 3.05) is 33.8 Å². The van der Waals surface area contributed by atoms with E-state index >= 15 is 0 Å². The molecule has 5 heteroatoms. The Morgan fingerprint density at radius 1 is 0.840 bits per heavy atom. The SMILES string of the molecule is C1CCC2CNCCC2C1.CN[SiH](OC)C1NCCC2CCCCC21. The average Bonchev–Trinajstić information content (AvgIpc) is 2.70. The van der Waals surface area contributed by atoms with E-state index in [0.29, 0.717) is 5.67 Å². The van der Waals surface area contributed by atoms with E-state index in [1.807, 2.05) is 7.11 Å². The van der Waals surface area contributed by atoms with Gasteiger partial charge in [0.15, 0.2) is 0 Å². The maximum Gasteiger partial charge on any atom is 0.269 e.